The van der Waals surface area contributed by atoms with Crippen LogP contribution in [-0.2, 0) is 17.8 Å². The van der Waals surface area contributed by atoms with Gasteiger partial charge in [0, 0.05) is 19.7 Å². The number of aromatic nitrogens is 3. The molecule has 0 aliphatic rings. The SMILES string of the molecule is CCNC(=NCc1cccc(Cn2cncn2)c1)NCCCOC(C)c1ccccc1. The molecule has 1 aromatic heterocycles. The Morgan fingerprint density at radius 1 is 1.10 bits per heavy atom. The summed E-state index contributed by atoms with van der Waals surface area (Å²) in [6.07, 6.45) is 4.29. The number of benzene rings is 2. The summed E-state index contributed by atoms with van der Waals surface area (Å²) in [5.41, 5.74) is 3.55. The Hall–Kier alpha value is -3.19. The minimum atomic E-state index is 0.105. The van der Waals surface area contributed by atoms with E-state index in [4.69, 9.17) is 9.73 Å². The molecule has 164 valence electrons. The number of nitrogens with zero attached hydrogens (tertiary/aromatic N) is 4. The zero-order valence-corrected chi connectivity index (χ0v) is 18.4. The van der Waals surface area contributed by atoms with Crippen molar-refractivity contribution in [2.75, 3.05) is 19.7 Å². The van der Waals surface area contributed by atoms with Crippen LogP contribution >= 0.6 is 0 Å². The molecule has 0 saturated carbocycles. The topological polar surface area (TPSA) is 76.4 Å². The van der Waals surface area contributed by atoms with Crippen molar-refractivity contribution >= 4 is 5.96 Å². The third kappa shape index (κ3) is 7.86. The predicted molar refractivity (Wildman–Crippen MR) is 124 cm³/mol. The molecule has 31 heavy (non-hydrogen) atoms. The number of aliphatic imine (C=N–C) groups is 1. The monoisotopic (exact) mass is 420 g/mol. The van der Waals surface area contributed by atoms with Crippen LogP contribution in [0.1, 0.15) is 43.1 Å². The van der Waals surface area contributed by atoms with E-state index in [0.29, 0.717) is 19.7 Å². The van der Waals surface area contributed by atoms with Gasteiger partial charge in [-0.15, -0.1) is 0 Å². The Kier molecular flexibility index (Phi) is 9.07. The molecule has 0 fully saturated rings. The first-order valence-corrected chi connectivity index (χ1v) is 10.8. The van der Waals surface area contributed by atoms with Crippen molar-refractivity contribution < 1.29 is 4.74 Å². The summed E-state index contributed by atoms with van der Waals surface area (Å²) >= 11 is 0. The molecule has 2 aromatic carbocycles. The first-order chi connectivity index (χ1) is 15.2. The Morgan fingerprint density at radius 2 is 1.94 bits per heavy atom. The highest BCUT2D eigenvalue weighted by atomic mass is 16.5. The van der Waals surface area contributed by atoms with Gasteiger partial charge in [0.15, 0.2) is 5.96 Å². The normalized spacial score (nSPS) is 12.5. The molecule has 0 bridgehead atoms. The summed E-state index contributed by atoms with van der Waals surface area (Å²) in [5, 5.41) is 10.9. The van der Waals surface area contributed by atoms with Crippen LogP contribution in [0.3, 0.4) is 0 Å². The smallest absolute Gasteiger partial charge is 0.191 e. The molecule has 3 aromatic rings. The lowest BCUT2D eigenvalue weighted by Gasteiger charge is -2.15. The quantitative estimate of drug-likeness (QED) is 0.282. The second-order valence-corrected chi connectivity index (χ2v) is 7.31. The fourth-order valence-electron chi connectivity index (χ4n) is 3.20. The lowest BCUT2D eigenvalue weighted by atomic mass is 10.1. The van der Waals surface area contributed by atoms with Crippen LogP contribution < -0.4 is 10.6 Å². The summed E-state index contributed by atoms with van der Waals surface area (Å²) in [5.74, 6) is 0.820. The van der Waals surface area contributed by atoms with Crippen LogP contribution in [0.4, 0.5) is 0 Å². The maximum atomic E-state index is 5.94. The minimum Gasteiger partial charge on any atom is -0.374 e. The van der Waals surface area contributed by atoms with E-state index < -0.39 is 0 Å². The second-order valence-electron chi connectivity index (χ2n) is 7.31. The molecule has 1 heterocycles. The van der Waals surface area contributed by atoms with E-state index in [-0.39, 0.29) is 6.10 Å². The van der Waals surface area contributed by atoms with Crippen molar-refractivity contribution in [2.24, 2.45) is 4.99 Å². The maximum absolute atomic E-state index is 5.94. The van der Waals surface area contributed by atoms with Gasteiger partial charge in [-0.2, -0.15) is 5.10 Å². The molecule has 0 amide bonds. The Bertz CT molecular complexity index is 911. The average molecular weight is 421 g/mol. The fourth-order valence-corrected chi connectivity index (χ4v) is 3.20. The van der Waals surface area contributed by atoms with Gasteiger partial charge in [-0.3, -0.25) is 0 Å². The van der Waals surface area contributed by atoms with Crippen molar-refractivity contribution in [3.05, 3.63) is 83.9 Å². The van der Waals surface area contributed by atoms with Crippen molar-refractivity contribution in [3.63, 3.8) is 0 Å². The summed E-state index contributed by atoms with van der Waals surface area (Å²) in [4.78, 5) is 8.71. The molecule has 2 N–H and O–H groups in total. The third-order valence-corrected chi connectivity index (χ3v) is 4.82. The Morgan fingerprint density at radius 3 is 2.71 bits per heavy atom. The van der Waals surface area contributed by atoms with Crippen molar-refractivity contribution in [2.45, 2.75) is 39.5 Å². The second kappa shape index (κ2) is 12.5. The molecule has 0 aliphatic heterocycles. The van der Waals surface area contributed by atoms with Crippen molar-refractivity contribution in [1.82, 2.24) is 25.4 Å². The van der Waals surface area contributed by atoms with E-state index in [0.717, 1.165) is 31.0 Å². The van der Waals surface area contributed by atoms with Gasteiger partial charge in [-0.1, -0.05) is 54.6 Å². The van der Waals surface area contributed by atoms with Crippen LogP contribution in [-0.4, -0.2) is 40.4 Å². The maximum Gasteiger partial charge on any atom is 0.191 e. The van der Waals surface area contributed by atoms with E-state index >= 15 is 0 Å². The molecule has 7 nitrogen and oxygen atoms in total. The molecule has 0 aliphatic carbocycles. The summed E-state index contributed by atoms with van der Waals surface area (Å²) in [6.45, 7) is 7.80. The van der Waals surface area contributed by atoms with Crippen LogP contribution in [0.2, 0.25) is 0 Å². The van der Waals surface area contributed by atoms with Gasteiger partial charge in [-0.25, -0.2) is 14.7 Å². The molecule has 3 rings (SSSR count). The predicted octanol–water partition coefficient (Wildman–Crippen LogP) is 3.55. The number of hydrogen-bond acceptors (Lipinski definition) is 4. The van der Waals surface area contributed by atoms with Crippen LogP contribution in [0.15, 0.2) is 72.2 Å². The summed E-state index contributed by atoms with van der Waals surface area (Å²) in [7, 11) is 0. The molecule has 0 spiro atoms. The van der Waals surface area contributed by atoms with Gasteiger partial charge in [-0.05, 0) is 37.0 Å². The molecular formula is C24H32N6O. The van der Waals surface area contributed by atoms with Gasteiger partial charge in [0.25, 0.3) is 0 Å². The highest BCUT2D eigenvalue weighted by Crippen LogP contribution is 2.15. The molecule has 0 saturated heterocycles. The largest absolute Gasteiger partial charge is 0.374 e. The Labute approximate surface area is 184 Å². The number of ether oxygens (including phenoxy) is 1. The standard InChI is InChI=1S/C24H32N6O/c1-3-26-24(27-13-8-14-31-20(2)23-11-5-4-6-12-23)28-16-21-9-7-10-22(15-21)17-30-19-25-18-29-30/h4-7,9-12,15,18-20H,3,8,13-14,16-17H2,1-2H3,(H2,26,27,28). The van der Waals surface area contributed by atoms with Gasteiger partial charge in [0.1, 0.15) is 12.7 Å². The first-order valence-electron chi connectivity index (χ1n) is 10.8. The minimum absolute atomic E-state index is 0.105. The highest BCUT2D eigenvalue weighted by molar-refractivity contribution is 5.79. The molecule has 1 unspecified atom stereocenters. The van der Waals surface area contributed by atoms with Crippen molar-refractivity contribution in [1.29, 1.82) is 0 Å². The molecule has 0 radical (unpaired) electrons. The van der Waals surface area contributed by atoms with Gasteiger partial charge < -0.3 is 15.4 Å². The van der Waals surface area contributed by atoms with Crippen LogP contribution in [0.5, 0.6) is 0 Å². The zero-order valence-electron chi connectivity index (χ0n) is 18.4. The van der Waals surface area contributed by atoms with E-state index in [1.165, 1.54) is 11.1 Å². The van der Waals surface area contributed by atoms with E-state index in [9.17, 15) is 0 Å². The number of guanidine groups is 1. The lowest BCUT2D eigenvalue weighted by Crippen LogP contribution is -2.38. The third-order valence-electron chi connectivity index (χ3n) is 4.82. The van der Waals surface area contributed by atoms with Gasteiger partial charge in [0.2, 0.25) is 0 Å². The zero-order chi connectivity index (χ0) is 21.7. The summed E-state index contributed by atoms with van der Waals surface area (Å²) < 4.78 is 7.76. The van der Waals surface area contributed by atoms with E-state index in [2.05, 4.69) is 71.0 Å². The number of hydrogen-bond donors (Lipinski definition) is 2. The first kappa shape index (κ1) is 22.5. The molecule has 1 atom stereocenters. The number of rotatable bonds is 11. The Balaban J connectivity index is 1.43. The van der Waals surface area contributed by atoms with Crippen LogP contribution in [0, 0.1) is 0 Å². The van der Waals surface area contributed by atoms with Gasteiger partial charge >= 0.3 is 0 Å². The fraction of sp³-hybridized carbons (Fsp3) is 0.375. The van der Waals surface area contributed by atoms with E-state index in [1.54, 1.807) is 12.7 Å². The molecule has 7 heteroatoms. The van der Waals surface area contributed by atoms with E-state index in [1.807, 2.05) is 22.9 Å². The average Bonchev–Trinajstić information content (AvgIpc) is 3.31. The highest BCUT2D eigenvalue weighted by Gasteiger charge is 2.05. The number of nitrogens with one attached hydrogen (secondary N) is 2. The summed E-state index contributed by atoms with van der Waals surface area (Å²) in [6, 6.07) is 18.7. The lowest BCUT2D eigenvalue weighted by molar-refractivity contribution is 0.0646. The van der Waals surface area contributed by atoms with Crippen molar-refractivity contribution in [3.8, 4) is 0 Å². The molecular weight excluding hydrogens is 388 g/mol. The van der Waals surface area contributed by atoms with Crippen LogP contribution in [0.25, 0.3) is 0 Å². The van der Waals surface area contributed by atoms with Gasteiger partial charge in [0.05, 0.1) is 19.2 Å².